The van der Waals surface area contributed by atoms with Gasteiger partial charge in [-0.05, 0) is 62.1 Å². The highest BCUT2D eigenvalue weighted by Crippen LogP contribution is 2.55. The average molecular weight is 380 g/mol. The molecule has 3 heterocycles. The first-order valence-electron chi connectivity index (χ1n) is 9.95. The van der Waals surface area contributed by atoms with E-state index in [0.717, 1.165) is 37.7 Å². The van der Waals surface area contributed by atoms with E-state index in [1.165, 1.54) is 18.6 Å². The first-order chi connectivity index (χ1) is 13.1. The zero-order valence-electron chi connectivity index (χ0n) is 16.1. The second-order valence-corrected chi connectivity index (χ2v) is 8.17. The van der Waals surface area contributed by atoms with Crippen LogP contribution in [0.15, 0.2) is 24.3 Å². The second-order valence-electron chi connectivity index (χ2n) is 8.17. The molecule has 5 rings (SSSR count). The third-order valence-corrected chi connectivity index (χ3v) is 6.42. The Bertz CT molecular complexity index is 638. The molecule has 1 unspecified atom stereocenters. The average Bonchev–Trinajstić information content (AvgIpc) is 2.91. The van der Waals surface area contributed by atoms with E-state index < -0.39 is 17.7 Å². The fourth-order valence-electron chi connectivity index (χ4n) is 4.96. The van der Waals surface area contributed by atoms with Crippen LogP contribution < -0.4 is 0 Å². The van der Waals surface area contributed by atoms with Crippen molar-refractivity contribution in [3.63, 3.8) is 0 Å². The number of benzene rings is 1. The van der Waals surface area contributed by atoms with Crippen LogP contribution in [0.5, 0.6) is 0 Å². The van der Waals surface area contributed by atoms with Crippen molar-refractivity contribution in [1.29, 1.82) is 0 Å². The van der Waals surface area contributed by atoms with E-state index in [0.29, 0.717) is 19.1 Å². The third-order valence-electron chi connectivity index (χ3n) is 6.42. The second kappa shape index (κ2) is 7.76. The Morgan fingerprint density at radius 3 is 2.74 bits per heavy atom. The Kier molecular flexibility index (Phi) is 5.54. The quantitative estimate of drug-likeness (QED) is 0.542. The Balaban J connectivity index is 1.41. The summed E-state index contributed by atoms with van der Waals surface area (Å²) >= 11 is 0. The summed E-state index contributed by atoms with van der Waals surface area (Å²) in [6.07, 6.45) is 5.57. The predicted octanol–water partition coefficient (Wildman–Crippen LogP) is 4.35. The standard InChI is InChI=1S/C21H29FO5/c1-20-12-10-16-4-3-5-17(21(16,27-26-20)19(23-2)25-20)11-13-24-14-15-6-8-18(22)9-7-15/h6-9,16-17,19H,3-5,10-14H2,1-2H3/t16-,17+,19+,20+,21?/m1/s1. The molecule has 0 amide bonds. The van der Waals surface area contributed by atoms with Crippen molar-refractivity contribution in [2.75, 3.05) is 13.7 Å². The van der Waals surface area contributed by atoms with Gasteiger partial charge in [0.25, 0.3) is 0 Å². The minimum absolute atomic E-state index is 0.230. The summed E-state index contributed by atoms with van der Waals surface area (Å²) in [6.45, 7) is 3.00. The van der Waals surface area contributed by atoms with Crippen LogP contribution in [-0.4, -0.2) is 31.4 Å². The Morgan fingerprint density at radius 2 is 1.96 bits per heavy atom. The van der Waals surface area contributed by atoms with Crippen LogP contribution in [0.25, 0.3) is 0 Å². The summed E-state index contributed by atoms with van der Waals surface area (Å²) in [7, 11) is 1.68. The van der Waals surface area contributed by atoms with Crippen molar-refractivity contribution in [1.82, 2.24) is 0 Å². The van der Waals surface area contributed by atoms with Gasteiger partial charge in [-0.3, -0.25) is 0 Å². The molecule has 1 spiro atoms. The van der Waals surface area contributed by atoms with Crippen molar-refractivity contribution < 1.29 is 28.4 Å². The smallest absolute Gasteiger partial charge is 0.201 e. The first kappa shape index (κ1) is 19.3. The molecule has 1 aliphatic carbocycles. The van der Waals surface area contributed by atoms with Gasteiger partial charge in [-0.1, -0.05) is 18.6 Å². The molecular weight excluding hydrogens is 351 g/mol. The van der Waals surface area contributed by atoms with Crippen LogP contribution in [-0.2, 0) is 30.6 Å². The molecule has 27 heavy (non-hydrogen) atoms. The number of ether oxygens (including phenoxy) is 3. The molecule has 0 N–H and O–H groups in total. The zero-order chi connectivity index (χ0) is 18.9. The van der Waals surface area contributed by atoms with E-state index >= 15 is 0 Å². The highest BCUT2D eigenvalue weighted by Gasteiger charge is 2.63. The van der Waals surface area contributed by atoms with Crippen LogP contribution in [0, 0.1) is 17.7 Å². The fraction of sp³-hybridized carbons (Fsp3) is 0.714. The van der Waals surface area contributed by atoms with Crippen LogP contribution >= 0.6 is 0 Å². The first-order valence-corrected chi connectivity index (χ1v) is 9.95. The number of halogens is 1. The minimum atomic E-state index is -0.729. The lowest BCUT2D eigenvalue weighted by Gasteiger charge is -2.53. The predicted molar refractivity (Wildman–Crippen MR) is 95.9 cm³/mol. The van der Waals surface area contributed by atoms with E-state index in [1.54, 1.807) is 19.2 Å². The molecular formula is C21H29FO5. The maximum Gasteiger partial charge on any atom is 0.201 e. The zero-order valence-corrected chi connectivity index (χ0v) is 16.1. The molecule has 5 nitrogen and oxygen atoms in total. The minimum Gasteiger partial charge on any atom is -0.377 e. The van der Waals surface area contributed by atoms with Crippen LogP contribution in [0.2, 0.25) is 0 Å². The van der Waals surface area contributed by atoms with Gasteiger partial charge in [0, 0.05) is 20.1 Å². The fourth-order valence-corrected chi connectivity index (χ4v) is 4.96. The Hall–Kier alpha value is -1.05. The van der Waals surface area contributed by atoms with Gasteiger partial charge in [-0.15, -0.1) is 0 Å². The molecule has 0 aromatic heterocycles. The highest BCUT2D eigenvalue weighted by atomic mass is 19.1. The van der Waals surface area contributed by atoms with Crippen molar-refractivity contribution >= 4 is 0 Å². The summed E-state index contributed by atoms with van der Waals surface area (Å²) in [5, 5.41) is 0. The van der Waals surface area contributed by atoms with Crippen molar-refractivity contribution in [2.45, 2.75) is 69.7 Å². The number of hydrogen-bond acceptors (Lipinski definition) is 5. The molecule has 3 aliphatic heterocycles. The van der Waals surface area contributed by atoms with Gasteiger partial charge in [0.1, 0.15) is 5.82 Å². The van der Waals surface area contributed by atoms with Crippen molar-refractivity contribution in [3.05, 3.63) is 35.6 Å². The van der Waals surface area contributed by atoms with Gasteiger partial charge in [0.15, 0.2) is 11.9 Å². The summed E-state index contributed by atoms with van der Waals surface area (Å²) in [5.74, 6) is -0.349. The molecule has 1 aromatic carbocycles. The van der Waals surface area contributed by atoms with Gasteiger partial charge >= 0.3 is 0 Å². The highest BCUT2D eigenvalue weighted by molar-refractivity contribution is 5.15. The van der Waals surface area contributed by atoms with Crippen molar-refractivity contribution in [3.8, 4) is 0 Å². The van der Waals surface area contributed by atoms with E-state index in [4.69, 9.17) is 24.0 Å². The van der Waals surface area contributed by atoms with E-state index in [-0.39, 0.29) is 11.7 Å². The van der Waals surface area contributed by atoms with Gasteiger partial charge in [-0.25, -0.2) is 14.2 Å². The number of hydrogen-bond donors (Lipinski definition) is 0. The largest absolute Gasteiger partial charge is 0.377 e. The summed E-state index contributed by atoms with van der Waals surface area (Å²) in [6, 6.07) is 6.42. The molecule has 6 heteroatoms. The number of rotatable bonds is 6. The van der Waals surface area contributed by atoms with E-state index in [2.05, 4.69) is 0 Å². The topological polar surface area (TPSA) is 46.2 Å². The summed E-state index contributed by atoms with van der Waals surface area (Å²) in [5.41, 5.74) is 0.402. The van der Waals surface area contributed by atoms with Crippen LogP contribution in [0.1, 0.15) is 51.0 Å². The molecule has 2 bridgehead atoms. The molecule has 3 saturated heterocycles. The molecule has 150 valence electrons. The summed E-state index contributed by atoms with van der Waals surface area (Å²) < 4.78 is 30.8. The SMILES string of the molecule is CO[C@H]1O[C@]2(C)CC[C@H]3CCC[C@@H](CCOCc4ccc(F)cc4)C31OO2. The molecule has 1 aromatic rings. The van der Waals surface area contributed by atoms with Crippen LogP contribution in [0.4, 0.5) is 4.39 Å². The maximum absolute atomic E-state index is 13.0. The molecule has 4 aliphatic rings. The molecule has 1 saturated carbocycles. The van der Waals surface area contributed by atoms with Gasteiger partial charge < -0.3 is 14.2 Å². The molecule has 5 atom stereocenters. The lowest BCUT2D eigenvalue weighted by molar-refractivity contribution is -0.554. The van der Waals surface area contributed by atoms with E-state index in [9.17, 15) is 4.39 Å². The van der Waals surface area contributed by atoms with Gasteiger partial charge in [0.05, 0.1) is 6.61 Å². The monoisotopic (exact) mass is 380 g/mol. The van der Waals surface area contributed by atoms with Crippen LogP contribution in [0.3, 0.4) is 0 Å². The van der Waals surface area contributed by atoms with Gasteiger partial charge in [0.2, 0.25) is 5.79 Å². The lowest BCUT2D eigenvalue weighted by atomic mass is 9.65. The molecule has 0 radical (unpaired) electrons. The number of methoxy groups -OCH3 is 1. The third kappa shape index (κ3) is 3.66. The van der Waals surface area contributed by atoms with Crippen molar-refractivity contribution in [2.24, 2.45) is 11.8 Å². The van der Waals surface area contributed by atoms with Gasteiger partial charge in [-0.2, -0.15) is 0 Å². The normalized spacial score (nSPS) is 38.4. The molecule has 4 fully saturated rings. The Labute approximate surface area is 160 Å². The van der Waals surface area contributed by atoms with E-state index in [1.807, 2.05) is 6.92 Å². The summed E-state index contributed by atoms with van der Waals surface area (Å²) in [4.78, 5) is 11.8. The number of fused-ring (bicyclic) bond motifs is 3. The Morgan fingerprint density at radius 1 is 1.15 bits per heavy atom. The maximum atomic E-state index is 13.0. The lowest BCUT2D eigenvalue weighted by Crippen LogP contribution is -2.63.